The predicted octanol–water partition coefficient (Wildman–Crippen LogP) is -1.10. The van der Waals surface area contributed by atoms with Crippen LogP contribution in [0, 0.1) is 0 Å². The second-order valence-electron chi connectivity index (χ2n) is 9.98. The van der Waals surface area contributed by atoms with E-state index in [9.17, 15) is 45.6 Å². The van der Waals surface area contributed by atoms with Crippen LogP contribution in [0.1, 0.15) is 6.92 Å². The first-order chi connectivity index (χ1) is 19.4. The summed E-state index contributed by atoms with van der Waals surface area (Å²) in [7, 11) is 0. The van der Waals surface area contributed by atoms with Gasteiger partial charge in [-0.25, -0.2) is 0 Å². The molecule has 8 N–H and O–H groups in total. The number of aliphatic hydroxyl groups excluding tert-OH is 6. The van der Waals surface area contributed by atoms with Gasteiger partial charge in [0.25, 0.3) is 0 Å². The Hall–Kier alpha value is -3.31. The molecule has 0 aliphatic carbocycles. The fourth-order valence-electron chi connectivity index (χ4n) is 4.71. The van der Waals surface area contributed by atoms with Crippen LogP contribution in [0.15, 0.2) is 51.7 Å². The highest BCUT2D eigenvalue weighted by molar-refractivity contribution is 5.86. The van der Waals surface area contributed by atoms with Crippen molar-refractivity contribution >= 4 is 11.0 Å². The van der Waals surface area contributed by atoms with Gasteiger partial charge < -0.3 is 64.2 Å². The molecule has 222 valence electrons. The lowest BCUT2D eigenvalue weighted by Crippen LogP contribution is -2.61. The smallest absolute Gasteiger partial charge is 0.229 e. The molecule has 3 aromatic rings. The summed E-state index contributed by atoms with van der Waals surface area (Å²) < 4.78 is 27.9. The molecule has 2 aliphatic heterocycles. The largest absolute Gasteiger partial charge is 0.508 e. The molecule has 14 nitrogen and oxygen atoms in total. The number of rotatable bonds is 6. The van der Waals surface area contributed by atoms with Crippen molar-refractivity contribution in [1.29, 1.82) is 0 Å². The number of aromatic hydroxyl groups is 2. The van der Waals surface area contributed by atoms with Crippen LogP contribution in [0.5, 0.6) is 17.2 Å². The van der Waals surface area contributed by atoms with E-state index < -0.39 is 79.2 Å². The summed E-state index contributed by atoms with van der Waals surface area (Å²) >= 11 is 0. The lowest BCUT2D eigenvalue weighted by atomic mass is 9.98. The molecule has 14 heteroatoms. The highest BCUT2D eigenvalue weighted by Crippen LogP contribution is 2.34. The molecule has 2 aliphatic rings. The topological polar surface area (TPSA) is 229 Å². The first kappa shape index (κ1) is 29.2. The van der Waals surface area contributed by atoms with Crippen LogP contribution in [0.2, 0.25) is 0 Å². The van der Waals surface area contributed by atoms with Crippen molar-refractivity contribution in [3.63, 3.8) is 0 Å². The fourth-order valence-corrected chi connectivity index (χ4v) is 4.71. The zero-order valence-corrected chi connectivity index (χ0v) is 21.5. The average Bonchev–Trinajstić information content (AvgIpc) is 2.94. The summed E-state index contributed by atoms with van der Waals surface area (Å²) in [5, 5.41) is 81.2. The number of hydrogen-bond acceptors (Lipinski definition) is 14. The molecule has 3 heterocycles. The first-order valence-corrected chi connectivity index (χ1v) is 12.7. The van der Waals surface area contributed by atoms with E-state index >= 15 is 0 Å². The van der Waals surface area contributed by atoms with Gasteiger partial charge in [-0.2, -0.15) is 0 Å². The third-order valence-corrected chi connectivity index (χ3v) is 7.09. The molecule has 0 unspecified atom stereocenters. The van der Waals surface area contributed by atoms with Crippen molar-refractivity contribution in [1.82, 2.24) is 0 Å². The zero-order chi connectivity index (χ0) is 29.6. The molecule has 0 spiro atoms. The van der Waals surface area contributed by atoms with Crippen LogP contribution in [-0.4, -0.2) is 109 Å². The highest BCUT2D eigenvalue weighted by Gasteiger charge is 2.47. The van der Waals surface area contributed by atoms with Crippen LogP contribution in [0.3, 0.4) is 0 Å². The first-order valence-electron chi connectivity index (χ1n) is 12.7. The minimum atomic E-state index is -1.76. The Bertz CT molecular complexity index is 1420. The Morgan fingerprint density at radius 2 is 1.44 bits per heavy atom. The minimum Gasteiger partial charge on any atom is -0.508 e. The van der Waals surface area contributed by atoms with E-state index in [1.165, 1.54) is 43.3 Å². The fraction of sp³-hybridized carbons (Fsp3) is 0.444. The summed E-state index contributed by atoms with van der Waals surface area (Å²) in [5.74, 6) is -0.457. The maximum absolute atomic E-state index is 12.7. The third-order valence-electron chi connectivity index (χ3n) is 7.09. The highest BCUT2D eigenvalue weighted by atomic mass is 16.7. The predicted molar refractivity (Wildman–Crippen MR) is 137 cm³/mol. The molecule has 0 saturated carbocycles. The molecule has 1 aromatic heterocycles. The SMILES string of the molecule is C[C@H]1O[C@@H](OC[C@H]2O[C@@H](Oc3cc(O)c4c(=O)cc(-c5ccc(O)cc5)oc4c3)[C@H](O)[C@@H](O)[C@@H]2O)[C@H](O)[C@@H](O)[C@@H]1O. The summed E-state index contributed by atoms with van der Waals surface area (Å²) in [6.45, 7) is 0.969. The number of aliphatic hydroxyl groups is 6. The van der Waals surface area contributed by atoms with Crippen LogP contribution in [0.4, 0.5) is 0 Å². The molecular formula is C27H30O14. The molecule has 2 aromatic carbocycles. The maximum atomic E-state index is 12.7. The van der Waals surface area contributed by atoms with Gasteiger partial charge in [0, 0.05) is 23.8 Å². The van der Waals surface area contributed by atoms with Gasteiger partial charge in [-0.3, -0.25) is 4.79 Å². The Balaban J connectivity index is 1.35. The Labute approximate surface area is 231 Å². The van der Waals surface area contributed by atoms with Crippen molar-refractivity contribution < 1.29 is 64.2 Å². The van der Waals surface area contributed by atoms with Crippen molar-refractivity contribution in [2.45, 2.75) is 68.3 Å². The number of phenolic OH excluding ortho intramolecular Hbond substituents is 2. The van der Waals surface area contributed by atoms with E-state index in [1.54, 1.807) is 0 Å². The quantitative estimate of drug-likeness (QED) is 0.174. The number of benzene rings is 2. The van der Waals surface area contributed by atoms with Crippen molar-refractivity contribution in [3.05, 3.63) is 52.7 Å². The lowest BCUT2D eigenvalue weighted by molar-refractivity contribution is -0.318. The summed E-state index contributed by atoms with van der Waals surface area (Å²) in [6.07, 6.45) is -14.9. The Morgan fingerprint density at radius 3 is 2.15 bits per heavy atom. The standard InChI is InChI=1S/C27H30O14/c1-10-20(31)22(33)24(35)26(38-10)37-9-18-21(32)23(34)25(36)27(41-18)39-13-6-14(29)19-15(30)8-16(40-17(19)7-13)11-2-4-12(28)5-3-11/h2-8,10,18,20-29,31-36H,9H2,1H3/t10-,18-,20-,21-,22+,23+,24-,25-,26-,27-/m1/s1. The van der Waals surface area contributed by atoms with Crippen LogP contribution in [-0.2, 0) is 14.2 Å². The van der Waals surface area contributed by atoms with Gasteiger partial charge in [0.05, 0.1) is 12.7 Å². The molecule has 2 saturated heterocycles. The van der Waals surface area contributed by atoms with E-state index in [0.717, 1.165) is 6.07 Å². The molecule has 0 radical (unpaired) electrons. The van der Waals surface area contributed by atoms with Crippen molar-refractivity contribution in [2.75, 3.05) is 6.61 Å². The minimum absolute atomic E-state index is 0.0145. The number of phenols is 2. The van der Waals surface area contributed by atoms with Gasteiger partial charge in [0.1, 0.15) is 76.7 Å². The number of ether oxygens (including phenoxy) is 4. The third kappa shape index (κ3) is 5.74. The van der Waals surface area contributed by atoms with E-state index in [-0.39, 0.29) is 28.2 Å². The molecule has 0 amide bonds. The molecular weight excluding hydrogens is 548 g/mol. The van der Waals surface area contributed by atoms with Crippen molar-refractivity contribution in [2.24, 2.45) is 0 Å². The second-order valence-corrected chi connectivity index (χ2v) is 9.98. The van der Waals surface area contributed by atoms with E-state index in [2.05, 4.69) is 0 Å². The zero-order valence-electron chi connectivity index (χ0n) is 21.5. The van der Waals surface area contributed by atoms with Gasteiger partial charge in [0.2, 0.25) is 6.29 Å². The van der Waals surface area contributed by atoms with Gasteiger partial charge in [-0.1, -0.05) is 0 Å². The molecule has 41 heavy (non-hydrogen) atoms. The summed E-state index contributed by atoms with van der Waals surface area (Å²) in [6, 6.07) is 9.40. The van der Waals surface area contributed by atoms with Gasteiger partial charge in [0.15, 0.2) is 11.7 Å². The van der Waals surface area contributed by atoms with E-state index in [4.69, 9.17) is 23.4 Å². The average molecular weight is 579 g/mol. The van der Waals surface area contributed by atoms with Crippen LogP contribution >= 0.6 is 0 Å². The monoisotopic (exact) mass is 578 g/mol. The number of hydrogen-bond donors (Lipinski definition) is 8. The molecule has 10 atom stereocenters. The molecule has 0 bridgehead atoms. The van der Waals surface area contributed by atoms with Crippen LogP contribution < -0.4 is 10.2 Å². The van der Waals surface area contributed by atoms with E-state index in [1.807, 2.05) is 0 Å². The normalized spacial score (nSPS) is 34.0. The molecule has 2 fully saturated rings. The van der Waals surface area contributed by atoms with Gasteiger partial charge >= 0.3 is 0 Å². The molecule has 5 rings (SSSR count). The maximum Gasteiger partial charge on any atom is 0.229 e. The van der Waals surface area contributed by atoms with Gasteiger partial charge in [-0.05, 0) is 31.2 Å². The summed E-state index contributed by atoms with van der Waals surface area (Å²) in [5.41, 5.74) is -0.149. The van der Waals surface area contributed by atoms with Crippen molar-refractivity contribution in [3.8, 4) is 28.6 Å². The van der Waals surface area contributed by atoms with Gasteiger partial charge in [-0.15, -0.1) is 0 Å². The lowest BCUT2D eigenvalue weighted by Gasteiger charge is -2.42. The number of fused-ring (bicyclic) bond motifs is 1. The second kappa shape index (κ2) is 11.5. The van der Waals surface area contributed by atoms with Crippen LogP contribution in [0.25, 0.3) is 22.3 Å². The summed E-state index contributed by atoms with van der Waals surface area (Å²) in [4.78, 5) is 12.7. The van der Waals surface area contributed by atoms with E-state index in [0.29, 0.717) is 5.56 Å². The Kier molecular flexibility index (Phi) is 8.20. The Morgan fingerprint density at radius 1 is 0.780 bits per heavy atom.